The van der Waals surface area contributed by atoms with Gasteiger partial charge in [0.2, 0.25) is 5.91 Å². The molecule has 0 rings (SSSR count). The van der Waals surface area contributed by atoms with Gasteiger partial charge in [0.05, 0.1) is 0 Å². The SMILES string of the molecule is [CH2]SCCNC(C)=O. The number of carbonyl (C=O) groups is 1. The minimum Gasteiger partial charge on any atom is -0.356 e. The van der Waals surface area contributed by atoms with Crippen LogP contribution in [-0.2, 0) is 4.79 Å². The minimum absolute atomic E-state index is 0.0269. The van der Waals surface area contributed by atoms with Crippen molar-refractivity contribution in [3.8, 4) is 0 Å². The van der Waals surface area contributed by atoms with E-state index in [4.69, 9.17) is 0 Å². The Hall–Kier alpha value is -0.180. The van der Waals surface area contributed by atoms with E-state index in [2.05, 4.69) is 11.6 Å². The molecule has 0 aliphatic rings. The van der Waals surface area contributed by atoms with Gasteiger partial charge in [-0.2, -0.15) is 11.8 Å². The molecule has 0 unspecified atom stereocenters. The van der Waals surface area contributed by atoms with Crippen molar-refractivity contribution in [2.75, 3.05) is 12.3 Å². The summed E-state index contributed by atoms with van der Waals surface area (Å²) in [4.78, 5) is 10.2. The monoisotopic (exact) mass is 132 g/mol. The normalized spacial score (nSPS) is 8.75. The molecule has 0 aliphatic heterocycles. The second-order valence-corrected chi connectivity index (χ2v) is 2.21. The lowest BCUT2D eigenvalue weighted by atomic mass is 10.6. The van der Waals surface area contributed by atoms with Crippen molar-refractivity contribution in [3.63, 3.8) is 0 Å². The molecule has 2 nitrogen and oxygen atoms in total. The maximum Gasteiger partial charge on any atom is 0.216 e. The van der Waals surface area contributed by atoms with Crippen LogP contribution in [-0.4, -0.2) is 18.2 Å². The van der Waals surface area contributed by atoms with Crippen LogP contribution in [0.4, 0.5) is 0 Å². The van der Waals surface area contributed by atoms with Gasteiger partial charge in [0.25, 0.3) is 0 Å². The van der Waals surface area contributed by atoms with E-state index in [0.29, 0.717) is 0 Å². The highest BCUT2D eigenvalue weighted by Crippen LogP contribution is 1.89. The number of amides is 1. The molecule has 0 saturated heterocycles. The van der Waals surface area contributed by atoms with Gasteiger partial charge in [-0.15, -0.1) is 0 Å². The Balaban J connectivity index is 2.82. The predicted molar refractivity (Wildman–Crippen MR) is 36.5 cm³/mol. The van der Waals surface area contributed by atoms with Gasteiger partial charge < -0.3 is 5.32 Å². The van der Waals surface area contributed by atoms with Crippen LogP contribution in [0.15, 0.2) is 0 Å². The molecule has 0 aliphatic carbocycles. The fourth-order valence-electron chi connectivity index (χ4n) is 0.299. The summed E-state index contributed by atoms with van der Waals surface area (Å²) >= 11 is 1.48. The van der Waals surface area contributed by atoms with Crippen LogP contribution >= 0.6 is 11.8 Å². The Morgan fingerprint density at radius 2 is 2.50 bits per heavy atom. The zero-order chi connectivity index (χ0) is 6.41. The number of hydrogen-bond donors (Lipinski definition) is 1. The Kier molecular flexibility index (Phi) is 4.85. The lowest BCUT2D eigenvalue weighted by Crippen LogP contribution is -2.22. The lowest BCUT2D eigenvalue weighted by Gasteiger charge is -1.96. The molecule has 0 aromatic rings. The minimum atomic E-state index is 0.0269. The van der Waals surface area contributed by atoms with E-state index in [0.717, 1.165) is 12.3 Å². The van der Waals surface area contributed by atoms with Gasteiger partial charge in [0.15, 0.2) is 0 Å². The Morgan fingerprint density at radius 3 is 2.88 bits per heavy atom. The molecule has 0 bridgehead atoms. The summed E-state index contributed by atoms with van der Waals surface area (Å²) in [5.41, 5.74) is 0. The zero-order valence-electron chi connectivity index (χ0n) is 4.94. The van der Waals surface area contributed by atoms with Crippen molar-refractivity contribution >= 4 is 17.7 Å². The number of rotatable bonds is 3. The first-order valence-electron chi connectivity index (χ1n) is 2.39. The summed E-state index contributed by atoms with van der Waals surface area (Å²) in [5, 5.41) is 2.65. The average molecular weight is 132 g/mol. The smallest absolute Gasteiger partial charge is 0.216 e. The standard InChI is InChI=1S/C5H10NOS/c1-5(7)6-3-4-8-2/h2-4H2,1H3,(H,6,7). The molecule has 0 aromatic carbocycles. The van der Waals surface area contributed by atoms with Crippen molar-refractivity contribution in [1.82, 2.24) is 5.32 Å². The summed E-state index contributed by atoms with van der Waals surface area (Å²) in [6.45, 7) is 2.23. The largest absolute Gasteiger partial charge is 0.356 e. The predicted octanol–water partition coefficient (Wildman–Crippen LogP) is 0.647. The first-order valence-corrected chi connectivity index (χ1v) is 3.54. The fraction of sp³-hybridized carbons (Fsp3) is 0.600. The molecule has 0 aromatic heterocycles. The molecular weight excluding hydrogens is 122 g/mol. The molecule has 1 radical (unpaired) electrons. The first kappa shape index (κ1) is 7.82. The quantitative estimate of drug-likeness (QED) is 0.571. The lowest BCUT2D eigenvalue weighted by molar-refractivity contribution is -0.118. The summed E-state index contributed by atoms with van der Waals surface area (Å²) in [6.07, 6.45) is 3.55. The maximum absolute atomic E-state index is 10.2. The molecule has 0 saturated carbocycles. The maximum atomic E-state index is 10.2. The number of nitrogens with one attached hydrogen (secondary N) is 1. The van der Waals surface area contributed by atoms with Crippen molar-refractivity contribution in [2.45, 2.75) is 6.92 Å². The van der Waals surface area contributed by atoms with Gasteiger partial charge in [0, 0.05) is 25.5 Å². The molecule has 1 N–H and O–H groups in total. The van der Waals surface area contributed by atoms with E-state index >= 15 is 0 Å². The average Bonchev–Trinajstić information content (AvgIpc) is 1.66. The highest BCUT2D eigenvalue weighted by atomic mass is 32.2. The second-order valence-electron chi connectivity index (χ2n) is 1.39. The molecule has 0 spiro atoms. The van der Waals surface area contributed by atoms with E-state index in [1.165, 1.54) is 18.7 Å². The Morgan fingerprint density at radius 1 is 1.88 bits per heavy atom. The summed E-state index contributed by atoms with van der Waals surface area (Å²) in [5.74, 6) is 0.915. The zero-order valence-corrected chi connectivity index (χ0v) is 5.75. The van der Waals surface area contributed by atoms with Crippen LogP contribution in [0.3, 0.4) is 0 Å². The topological polar surface area (TPSA) is 29.1 Å². The molecule has 3 heteroatoms. The van der Waals surface area contributed by atoms with Crippen LogP contribution in [0.1, 0.15) is 6.92 Å². The van der Waals surface area contributed by atoms with Crippen molar-refractivity contribution in [2.24, 2.45) is 0 Å². The third-order valence-corrected chi connectivity index (χ3v) is 1.11. The number of carbonyl (C=O) groups excluding carboxylic acids is 1. The van der Waals surface area contributed by atoms with E-state index in [1.54, 1.807) is 0 Å². The molecule has 8 heavy (non-hydrogen) atoms. The molecule has 0 heterocycles. The van der Waals surface area contributed by atoms with Gasteiger partial charge in [0.1, 0.15) is 0 Å². The van der Waals surface area contributed by atoms with Crippen molar-refractivity contribution < 1.29 is 4.79 Å². The summed E-state index contributed by atoms with van der Waals surface area (Å²) < 4.78 is 0. The molecular formula is C5H10NOS. The first-order chi connectivity index (χ1) is 3.77. The van der Waals surface area contributed by atoms with E-state index in [-0.39, 0.29) is 5.91 Å². The number of hydrogen-bond acceptors (Lipinski definition) is 2. The third kappa shape index (κ3) is 5.82. The van der Waals surface area contributed by atoms with Crippen LogP contribution in [0.5, 0.6) is 0 Å². The van der Waals surface area contributed by atoms with E-state index in [9.17, 15) is 4.79 Å². The third-order valence-electron chi connectivity index (χ3n) is 0.620. The Labute approximate surface area is 54.0 Å². The molecule has 0 atom stereocenters. The molecule has 47 valence electrons. The van der Waals surface area contributed by atoms with Gasteiger partial charge in [-0.1, -0.05) is 0 Å². The highest BCUT2D eigenvalue weighted by molar-refractivity contribution is 8.00. The van der Waals surface area contributed by atoms with Gasteiger partial charge in [-0.05, 0) is 0 Å². The summed E-state index contributed by atoms with van der Waals surface area (Å²) in [6, 6.07) is 0. The molecule has 1 amide bonds. The van der Waals surface area contributed by atoms with Gasteiger partial charge in [-0.3, -0.25) is 4.79 Å². The van der Waals surface area contributed by atoms with Crippen molar-refractivity contribution in [3.05, 3.63) is 6.26 Å². The number of thioether (sulfide) groups is 1. The Bertz CT molecular complexity index is 74.8. The second kappa shape index (κ2) is 4.97. The van der Waals surface area contributed by atoms with Crippen molar-refractivity contribution in [1.29, 1.82) is 0 Å². The fourth-order valence-corrected chi connectivity index (χ4v) is 0.546. The van der Waals surface area contributed by atoms with Crippen LogP contribution < -0.4 is 5.32 Å². The highest BCUT2D eigenvalue weighted by Gasteiger charge is 1.86. The van der Waals surface area contributed by atoms with Crippen LogP contribution in [0.2, 0.25) is 0 Å². The molecule has 0 fully saturated rings. The van der Waals surface area contributed by atoms with E-state index in [1.807, 2.05) is 0 Å². The van der Waals surface area contributed by atoms with Gasteiger partial charge >= 0.3 is 0 Å². The van der Waals surface area contributed by atoms with E-state index < -0.39 is 0 Å². The van der Waals surface area contributed by atoms with Crippen LogP contribution in [0, 0.1) is 6.26 Å². The van der Waals surface area contributed by atoms with Gasteiger partial charge in [-0.25, -0.2) is 0 Å². The van der Waals surface area contributed by atoms with Crippen LogP contribution in [0.25, 0.3) is 0 Å². The summed E-state index contributed by atoms with van der Waals surface area (Å²) in [7, 11) is 0.